The van der Waals surface area contributed by atoms with Crippen molar-refractivity contribution in [2.75, 3.05) is 13.9 Å². The van der Waals surface area contributed by atoms with E-state index in [-0.39, 0.29) is 6.79 Å². The normalized spacial score (nSPS) is 8.40. The predicted molar refractivity (Wildman–Crippen MR) is 13.0 cm³/mol. The highest BCUT2D eigenvalue weighted by atomic mass is 17.1. The molecule has 0 N–H and O–H groups in total. The smallest absolute Gasteiger partial charge is 0.136 e. The number of ether oxygens (including phenoxy) is 1. The molecule has 0 aromatic carbocycles. The van der Waals surface area contributed by atoms with E-state index in [2.05, 4.69) is 9.62 Å². The topological polar surface area (TPSA) is 41.5 Å². The quantitative estimate of drug-likeness (QED) is 0.238. The van der Waals surface area contributed by atoms with E-state index in [1.54, 1.807) is 0 Å². The molecule has 0 fully saturated rings. The summed E-state index contributed by atoms with van der Waals surface area (Å²) in [5.41, 5.74) is 0. The Balaban J connectivity index is 2.19. The van der Waals surface area contributed by atoms with Crippen LogP contribution in [0.4, 0.5) is 0 Å². The Labute approximate surface area is 30.1 Å². The maximum Gasteiger partial charge on any atom is 0.136 e. The first kappa shape index (κ1) is 4.88. The molecule has 3 nitrogen and oxygen atoms in total. The zero-order chi connectivity index (χ0) is 4.12. The molecule has 0 bridgehead atoms. The van der Waals surface area contributed by atoms with Gasteiger partial charge in [-0.2, -0.15) is 0 Å². The molecule has 3 heteroatoms. The molecular weight excluding hydrogens is 72.0 g/mol. The van der Waals surface area contributed by atoms with Crippen molar-refractivity contribution in [2.45, 2.75) is 0 Å². The highest BCUT2D eigenvalue weighted by Crippen LogP contribution is 1.55. The second-order valence-corrected chi connectivity index (χ2v) is 0.524. The summed E-state index contributed by atoms with van der Waals surface area (Å²) in [6.07, 6.45) is 0. The van der Waals surface area contributed by atoms with Crippen LogP contribution in [0.2, 0.25) is 0 Å². The standard InChI is InChI=1S/C2H6O3/c1-4-2-5-3/h3H,2H2,1H3/p-1. The Morgan fingerprint density at radius 1 is 1.80 bits per heavy atom. The van der Waals surface area contributed by atoms with Crippen LogP contribution in [0.25, 0.3) is 0 Å². The van der Waals surface area contributed by atoms with Crippen LogP contribution in [-0.2, 0) is 9.62 Å². The van der Waals surface area contributed by atoms with Crippen LogP contribution in [0.15, 0.2) is 0 Å². The van der Waals surface area contributed by atoms with E-state index < -0.39 is 0 Å². The van der Waals surface area contributed by atoms with E-state index in [1.807, 2.05) is 0 Å². The van der Waals surface area contributed by atoms with Gasteiger partial charge in [-0.15, -0.1) is 0 Å². The van der Waals surface area contributed by atoms with Crippen LogP contribution >= 0.6 is 0 Å². The minimum atomic E-state index is -0.167. The molecule has 0 unspecified atom stereocenters. The molecule has 32 valence electrons. The molecule has 0 heterocycles. The Morgan fingerprint density at radius 2 is 2.40 bits per heavy atom. The van der Waals surface area contributed by atoms with Crippen molar-refractivity contribution >= 4 is 0 Å². The Hall–Kier alpha value is -0.120. The van der Waals surface area contributed by atoms with E-state index in [1.165, 1.54) is 7.11 Å². The molecule has 0 aromatic rings. The van der Waals surface area contributed by atoms with Crippen molar-refractivity contribution in [1.29, 1.82) is 0 Å². The van der Waals surface area contributed by atoms with Gasteiger partial charge in [-0.05, 0) is 0 Å². The lowest BCUT2D eigenvalue weighted by atomic mass is 11.4. The molecule has 0 spiro atoms. The lowest BCUT2D eigenvalue weighted by Crippen LogP contribution is -2.06. The fourth-order valence-electron chi connectivity index (χ4n) is 0.0481. The van der Waals surface area contributed by atoms with Gasteiger partial charge in [0.1, 0.15) is 6.79 Å². The van der Waals surface area contributed by atoms with Crippen molar-refractivity contribution < 1.29 is 14.9 Å². The molecule has 0 amide bonds. The van der Waals surface area contributed by atoms with Crippen LogP contribution in [0.1, 0.15) is 0 Å². The third-order valence-electron chi connectivity index (χ3n) is 0.166. The summed E-state index contributed by atoms with van der Waals surface area (Å²) >= 11 is 0. The maximum atomic E-state index is 8.90. The lowest BCUT2D eigenvalue weighted by molar-refractivity contribution is -0.701. The van der Waals surface area contributed by atoms with Crippen LogP contribution in [-0.4, -0.2) is 13.9 Å². The van der Waals surface area contributed by atoms with Gasteiger partial charge in [-0.3, -0.25) is 0 Å². The van der Waals surface area contributed by atoms with Crippen LogP contribution in [0, 0.1) is 0 Å². The summed E-state index contributed by atoms with van der Waals surface area (Å²) < 4.78 is 4.16. The van der Waals surface area contributed by atoms with Gasteiger partial charge in [0, 0.05) is 7.11 Å². The summed E-state index contributed by atoms with van der Waals surface area (Å²) in [6.45, 7) is -0.167. The molecule has 0 aliphatic heterocycles. The molecule has 0 atom stereocenters. The van der Waals surface area contributed by atoms with Crippen LogP contribution in [0.3, 0.4) is 0 Å². The summed E-state index contributed by atoms with van der Waals surface area (Å²) in [5.74, 6) is 0. The molecule has 0 aliphatic rings. The maximum absolute atomic E-state index is 8.90. The van der Waals surface area contributed by atoms with Gasteiger partial charge in [-0.1, -0.05) is 0 Å². The Kier molecular flexibility index (Phi) is 3.79. The van der Waals surface area contributed by atoms with Crippen molar-refractivity contribution in [1.82, 2.24) is 0 Å². The molecular formula is C2H5O3-. The van der Waals surface area contributed by atoms with Gasteiger partial charge >= 0.3 is 0 Å². The molecule has 0 rings (SSSR count). The first-order valence-electron chi connectivity index (χ1n) is 1.15. The first-order valence-corrected chi connectivity index (χ1v) is 1.15. The lowest BCUT2D eigenvalue weighted by Gasteiger charge is -2.00. The van der Waals surface area contributed by atoms with E-state index in [9.17, 15) is 0 Å². The van der Waals surface area contributed by atoms with Gasteiger partial charge in [0.2, 0.25) is 0 Å². The van der Waals surface area contributed by atoms with Gasteiger partial charge in [0.05, 0.1) is 0 Å². The molecule has 0 saturated heterocycles. The van der Waals surface area contributed by atoms with Gasteiger partial charge in [0.25, 0.3) is 0 Å². The third-order valence-corrected chi connectivity index (χ3v) is 0.166. The van der Waals surface area contributed by atoms with Gasteiger partial charge < -0.3 is 14.9 Å². The SMILES string of the molecule is COCO[O-]. The minimum absolute atomic E-state index is 0.167. The zero-order valence-electron chi connectivity index (χ0n) is 2.93. The predicted octanol–water partition coefficient (Wildman–Crippen LogP) is -1.12. The monoisotopic (exact) mass is 77.0 g/mol. The average molecular weight is 77.1 g/mol. The van der Waals surface area contributed by atoms with E-state index in [0.29, 0.717) is 0 Å². The highest BCUT2D eigenvalue weighted by molar-refractivity contribution is 3.76. The van der Waals surface area contributed by atoms with Crippen molar-refractivity contribution in [3.8, 4) is 0 Å². The summed E-state index contributed by atoms with van der Waals surface area (Å²) in [7, 11) is 1.39. The van der Waals surface area contributed by atoms with E-state index in [0.717, 1.165) is 0 Å². The van der Waals surface area contributed by atoms with E-state index >= 15 is 0 Å². The molecule has 0 radical (unpaired) electrons. The number of hydrogen-bond acceptors (Lipinski definition) is 3. The number of methoxy groups -OCH3 is 1. The number of hydrogen-bond donors (Lipinski definition) is 0. The minimum Gasteiger partial charge on any atom is -0.722 e. The first-order chi connectivity index (χ1) is 2.41. The fourth-order valence-corrected chi connectivity index (χ4v) is 0.0481. The molecule has 0 saturated carbocycles. The van der Waals surface area contributed by atoms with Crippen molar-refractivity contribution in [2.24, 2.45) is 0 Å². The fraction of sp³-hybridized carbons (Fsp3) is 1.00. The van der Waals surface area contributed by atoms with Crippen molar-refractivity contribution in [3.63, 3.8) is 0 Å². The third kappa shape index (κ3) is 3.88. The largest absolute Gasteiger partial charge is 0.722 e. The van der Waals surface area contributed by atoms with Crippen LogP contribution in [0.5, 0.6) is 0 Å². The summed E-state index contributed by atoms with van der Waals surface area (Å²) in [4.78, 5) is 3.22. The second kappa shape index (κ2) is 3.88. The Bertz CT molecular complexity index is 12.4. The molecule has 5 heavy (non-hydrogen) atoms. The molecule has 0 aromatic heterocycles. The average Bonchev–Trinajstić information content (AvgIpc) is 1.41. The second-order valence-electron chi connectivity index (χ2n) is 0.524. The number of rotatable bonds is 2. The highest BCUT2D eigenvalue weighted by Gasteiger charge is 1.57. The Morgan fingerprint density at radius 3 is 2.40 bits per heavy atom. The van der Waals surface area contributed by atoms with Crippen molar-refractivity contribution in [3.05, 3.63) is 0 Å². The summed E-state index contributed by atoms with van der Waals surface area (Å²) in [5, 5.41) is 8.90. The van der Waals surface area contributed by atoms with Gasteiger partial charge in [-0.25, -0.2) is 0 Å². The van der Waals surface area contributed by atoms with Gasteiger partial charge in [0.15, 0.2) is 0 Å². The van der Waals surface area contributed by atoms with Crippen LogP contribution < -0.4 is 5.26 Å². The zero-order valence-corrected chi connectivity index (χ0v) is 2.93. The van der Waals surface area contributed by atoms with E-state index in [4.69, 9.17) is 5.26 Å². The summed E-state index contributed by atoms with van der Waals surface area (Å²) in [6, 6.07) is 0. The molecule has 0 aliphatic carbocycles.